The van der Waals surface area contributed by atoms with Gasteiger partial charge in [0.05, 0.1) is 5.56 Å². The molecule has 0 aliphatic heterocycles. The summed E-state index contributed by atoms with van der Waals surface area (Å²) in [6, 6.07) is 0.721. The van der Waals surface area contributed by atoms with Gasteiger partial charge >= 0.3 is 6.18 Å². The van der Waals surface area contributed by atoms with Gasteiger partial charge in [-0.1, -0.05) is 11.6 Å². The zero-order chi connectivity index (χ0) is 12.3. The molecule has 16 heavy (non-hydrogen) atoms. The van der Waals surface area contributed by atoms with Gasteiger partial charge in [-0.15, -0.1) is 0 Å². The van der Waals surface area contributed by atoms with E-state index in [1.165, 1.54) is 12.1 Å². The van der Waals surface area contributed by atoms with Gasteiger partial charge in [-0.2, -0.15) is 13.2 Å². The highest BCUT2D eigenvalue weighted by Crippen LogP contribution is 2.19. The fourth-order valence-electron chi connectivity index (χ4n) is 0.872. The van der Waals surface area contributed by atoms with Gasteiger partial charge in [0.15, 0.2) is 0 Å². The van der Waals surface area contributed by atoms with Gasteiger partial charge in [0.25, 0.3) is 5.91 Å². The molecule has 0 radical (unpaired) electrons. The van der Waals surface area contributed by atoms with E-state index in [4.69, 9.17) is 11.6 Å². The molecule has 1 amide bonds. The summed E-state index contributed by atoms with van der Waals surface area (Å²) in [6.07, 6.45) is -3.35. The van der Waals surface area contributed by atoms with Gasteiger partial charge in [-0.05, 0) is 19.1 Å². The summed E-state index contributed by atoms with van der Waals surface area (Å²) < 4.78 is 36.4. The first-order chi connectivity index (χ1) is 7.30. The highest BCUT2D eigenvalue weighted by Gasteiger charge is 2.37. The number of carbonyl (C=O) groups excluding carboxylic acids is 1. The quantitative estimate of drug-likeness (QED) is 0.822. The Hall–Kier alpha value is -1.30. The van der Waals surface area contributed by atoms with Crippen LogP contribution < -0.4 is 5.32 Å². The van der Waals surface area contributed by atoms with Crippen molar-refractivity contribution < 1.29 is 18.0 Å². The summed E-state index contributed by atoms with van der Waals surface area (Å²) in [5.41, 5.74) is 0.0282. The molecule has 0 aliphatic carbocycles. The molecule has 0 aromatic carbocycles. The van der Waals surface area contributed by atoms with Crippen LogP contribution in [0.5, 0.6) is 0 Å². The maximum Gasteiger partial charge on any atom is 0.408 e. The van der Waals surface area contributed by atoms with Gasteiger partial charge < -0.3 is 5.32 Å². The van der Waals surface area contributed by atoms with Crippen LogP contribution in [-0.2, 0) is 0 Å². The van der Waals surface area contributed by atoms with E-state index in [0.717, 1.165) is 13.1 Å². The lowest BCUT2D eigenvalue weighted by atomic mass is 10.2. The molecule has 0 spiro atoms. The monoisotopic (exact) mass is 252 g/mol. The Morgan fingerprint density at radius 3 is 2.56 bits per heavy atom. The van der Waals surface area contributed by atoms with Crippen molar-refractivity contribution in [3.8, 4) is 0 Å². The second-order valence-corrected chi connectivity index (χ2v) is 3.49. The number of nitrogens with one attached hydrogen (secondary N) is 1. The number of halogens is 4. The van der Waals surface area contributed by atoms with Crippen molar-refractivity contribution in [2.45, 2.75) is 19.1 Å². The van der Waals surface area contributed by atoms with Crippen LogP contribution in [0.1, 0.15) is 17.3 Å². The number of nitrogens with zero attached hydrogens (tertiary/aromatic N) is 1. The lowest BCUT2D eigenvalue weighted by Gasteiger charge is -2.16. The predicted molar refractivity (Wildman–Crippen MR) is 52.2 cm³/mol. The van der Waals surface area contributed by atoms with Crippen LogP contribution in [0.2, 0.25) is 5.15 Å². The number of amides is 1. The first-order valence-electron chi connectivity index (χ1n) is 4.30. The fourth-order valence-corrected chi connectivity index (χ4v) is 0.984. The highest BCUT2D eigenvalue weighted by molar-refractivity contribution is 6.29. The lowest BCUT2D eigenvalue weighted by molar-refractivity contribution is -0.149. The summed E-state index contributed by atoms with van der Waals surface area (Å²) in [5, 5.41) is 1.98. The summed E-state index contributed by atoms with van der Waals surface area (Å²) >= 11 is 5.47. The molecule has 1 heterocycles. The summed E-state index contributed by atoms with van der Waals surface area (Å²) in [5.74, 6) is -0.839. The van der Waals surface area contributed by atoms with Crippen molar-refractivity contribution in [2.75, 3.05) is 0 Å². The SMILES string of the molecule is CC(NC(=O)c1ccc(Cl)nc1)C(F)(F)F. The van der Waals surface area contributed by atoms with Crippen LogP contribution in [0.15, 0.2) is 18.3 Å². The van der Waals surface area contributed by atoms with Crippen LogP contribution in [0.3, 0.4) is 0 Å². The van der Waals surface area contributed by atoms with Crippen LogP contribution in [-0.4, -0.2) is 23.1 Å². The molecule has 0 aliphatic rings. The maximum atomic E-state index is 12.1. The smallest absolute Gasteiger partial charge is 0.340 e. The molecule has 1 aromatic rings. The van der Waals surface area contributed by atoms with E-state index >= 15 is 0 Å². The Kier molecular flexibility index (Phi) is 3.74. The van der Waals surface area contributed by atoms with E-state index in [0.29, 0.717) is 0 Å². The first-order valence-corrected chi connectivity index (χ1v) is 4.67. The highest BCUT2D eigenvalue weighted by atomic mass is 35.5. The second-order valence-electron chi connectivity index (χ2n) is 3.11. The summed E-state index contributed by atoms with van der Waals surface area (Å²) in [7, 11) is 0. The van der Waals surface area contributed by atoms with Crippen molar-refractivity contribution in [2.24, 2.45) is 0 Å². The van der Waals surface area contributed by atoms with Crippen LogP contribution in [0.4, 0.5) is 13.2 Å². The average Bonchev–Trinajstić information content (AvgIpc) is 2.17. The van der Waals surface area contributed by atoms with E-state index in [9.17, 15) is 18.0 Å². The van der Waals surface area contributed by atoms with Gasteiger partial charge in [-0.3, -0.25) is 4.79 Å². The normalized spacial score (nSPS) is 13.3. The van der Waals surface area contributed by atoms with Crippen LogP contribution in [0.25, 0.3) is 0 Å². The van der Waals surface area contributed by atoms with Crippen LogP contribution >= 0.6 is 11.6 Å². The number of aromatic nitrogens is 1. The van der Waals surface area contributed by atoms with Crippen molar-refractivity contribution in [3.05, 3.63) is 29.0 Å². The number of pyridine rings is 1. The topological polar surface area (TPSA) is 42.0 Å². The van der Waals surface area contributed by atoms with Crippen molar-refractivity contribution in [1.82, 2.24) is 10.3 Å². The predicted octanol–water partition coefficient (Wildman–Crippen LogP) is 2.42. The van der Waals surface area contributed by atoms with Gasteiger partial charge in [0.1, 0.15) is 11.2 Å². The third-order valence-electron chi connectivity index (χ3n) is 1.83. The van der Waals surface area contributed by atoms with E-state index in [2.05, 4.69) is 4.98 Å². The Labute approximate surface area is 94.6 Å². The average molecular weight is 253 g/mol. The molecule has 0 saturated heterocycles. The number of alkyl halides is 3. The Morgan fingerprint density at radius 2 is 2.12 bits per heavy atom. The minimum Gasteiger partial charge on any atom is -0.340 e. The molecular weight excluding hydrogens is 245 g/mol. The van der Waals surface area contributed by atoms with E-state index in [1.807, 2.05) is 5.32 Å². The molecule has 1 unspecified atom stereocenters. The van der Waals surface area contributed by atoms with Gasteiger partial charge in [-0.25, -0.2) is 4.98 Å². The molecule has 0 bridgehead atoms. The van der Waals surface area contributed by atoms with Crippen molar-refractivity contribution in [1.29, 1.82) is 0 Å². The molecule has 3 nitrogen and oxygen atoms in total. The van der Waals surface area contributed by atoms with E-state index < -0.39 is 18.1 Å². The molecule has 1 N–H and O–H groups in total. The van der Waals surface area contributed by atoms with Crippen LogP contribution in [0, 0.1) is 0 Å². The first kappa shape index (κ1) is 12.8. The number of hydrogen-bond acceptors (Lipinski definition) is 2. The standard InChI is InChI=1S/C9H8ClF3N2O/c1-5(9(11,12)13)15-8(16)6-2-3-7(10)14-4-6/h2-5H,1H3,(H,15,16). The third-order valence-corrected chi connectivity index (χ3v) is 2.05. The van der Waals surface area contributed by atoms with Crippen molar-refractivity contribution >= 4 is 17.5 Å². The minimum absolute atomic E-state index is 0.0282. The molecule has 1 aromatic heterocycles. The zero-order valence-electron chi connectivity index (χ0n) is 8.18. The molecule has 1 rings (SSSR count). The third kappa shape index (κ3) is 3.37. The Bertz CT molecular complexity index is 377. The fraction of sp³-hybridized carbons (Fsp3) is 0.333. The molecule has 7 heteroatoms. The number of carbonyl (C=O) groups is 1. The Balaban J connectivity index is 2.70. The second kappa shape index (κ2) is 4.69. The lowest BCUT2D eigenvalue weighted by Crippen LogP contribution is -2.43. The van der Waals surface area contributed by atoms with Gasteiger partial charge in [0, 0.05) is 6.20 Å². The molecule has 0 saturated carbocycles. The van der Waals surface area contributed by atoms with Crippen molar-refractivity contribution in [3.63, 3.8) is 0 Å². The largest absolute Gasteiger partial charge is 0.408 e. The number of hydrogen-bond donors (Lipinski definition) is 1. The molecule has 88 valence electrons. The van der Waals surface area contributed by atoms with E-state index in [-0.39, 0.29) is 10.7 Å². The molecular formula is C9H8ClF3N2O. The maximum absolute atomic E-state index is 12.1. The summed E-state index contributed by atoms with van der Waals surface area (Å²) in [6.45, 7) is 0.862. The summed E-state index contributed by atoms with van der Waals surface area (Å²) in [4.78, 5) is 14.9. The minimum atomic E-state index is -4.46. The van der Waals surface area contributed by atoms with E-state index in [1.54, 1.807) is 0 Å². The Morgan fingerprint density at radius 1 is 1.50 bits per heavy atom. The number of rotatable bonds is 2. The molecule has 0 fully saturated rings. The molecule has 1 atom stereocenters. The zero-order valence-corrected chi connectivity index (χ0v) is 8.93. The van der Waals surface area contributed by atoms with Gasteiger partial charge in [0.2, 0.25) is 0 Å².